The molecule has 0 bridgehead atoms. The van der Waals surface area contributed by atoms with Gasteiger partial charge in [-0.05, 0) is 66.4 Å². The van der Waals surface area contributed by atoms with E-state index in [2.05, 4.69) is 4.72 Å². The molecule has 166 valence electrons. The molecule has 0 saturated heterocycles. The summed E-state index contributed by atoms with van der Waals surface area (Å²) in [5.41, 5.74) is 3.86. The summed E-state index contributed by atoms with van der Waals surface area (Å²) < 4.78 is 53.8. The molecule has 0 radical (unpaired) electrons. The van der Waals surface area contributed by atoms with E-state index in [4.69, 9.17) is 4.99 Å². The van der Waals surface area contributed by atoms with Crippen molar-refractivity contribution in [3.8, 4) is 11.1 Å². The van der Waals surface area contributed by atoms with Crippen molar-refractivity contribution in [1.29, 1.82) is 0 Å². The molecule has 2 heterocycles. The van der Waals surface area contributed by atoms with Gasteiger partial charge in [-0.2, -0.15) is 0 Å². The van der Waals surface area contributed by atoms with Crippen molar-refractivity contribution in [2.45, 2.75) is 19.4 Å². The van der Waals surface area contributed by atoms with E-state index < -0.39 is 28.9 Å². The largest absolute Gasteiger partial charge is 0.760 e. The normalized spacial score (nSPS) is 16.0. The number of hydrogen-bond donors (Lipinski definition) is 1. The Morgan fingerprint density at radius 3 is 2.53 bits per heavy atom. The molecule has 0 saturated carbocycles. The zero-order valence-corrected chi connectivity index (χ0v) is 18.2. The summed E-state index contributed by atoms with van der Waals surface area (Å²) in [5.74, 6) is -0.898. The van der Waals surface area contributed by atoms with Crippen LogP contribution in [0.4, 0.5) is 8.78 Å². The van der Waals surface area contributed by atoms with Crippen molar-refractivity contribution in [2.24, 2.45) is 12.0 Å². The highest BCUT2D eigenvalue weighted by Gasteiger charge is 2.25. The maximum absolute atomic E-state index is 15.1. The first-order valence-electron chi connectivity index (χ1n) is 9.95. The highest BCUT2D eigenvalue weighted by Crippen LogP contribution is 2.38. The van der Waals surface area contributed by atoms with E-state index in [0.717, 1.165) is 5.56 Å². The van der Waals surface area contributed by atoms with Gasteiger partial charge in [-0.25, -0.2) is 13.5 Å². The van der Waals surface area contributed by atoms with Crippen molar-refractivity contribution in [3.63, 3.8) is 0 Å². The SMILES string of the molecule is C[C@@H]1N=C(c2ccc(F)cc2)c2cc(F)c(CCNS(=O)[O-])cc2-c2cn(C)c(=O)cc21. The summed E-state index contributed by atoms with van der Waals surface area (Å²) in [6.07, 6.45) is 1.84. The Bertz CT molecular complexity index is 1300. The van der Waals surface area contributed by atoms with E-state index in [0.29, 0.717) is 33.5 Å². The van der Waals surface area contributed by atoms with Crippen LogP contribution in [0.1, 0.15) is 35.2 Å². The van der Waals surface area contributed by atoms with E-state index in [9.17, 15) is 17.9 Å². The number of hydrogen-bond acceptors (Lipinski definition) is 4. The van der Waals surface area contributed by atoms with E-state index >= 15 is 4.39 Å². The average molecular weight is 456 g/mol. The van der Waals surface area contributed by atoms with Crippen molar-refractivity contribution in [3.05, 3.63) is 92.9 Å². The van der Waals surface area contributed by atoms with Crippen LogP contribution in [0.5, 0.6) is 0 Å². The highest BCUT2D eigenvalue weighted by atomic mass is 32.2. The van der Waals surface area contributed by atoms with Crippen LogP contribution in [0.3, 0.4) is 0 Å². The fourth-order valence-corrected chi connectivity index (χ4v) is 4.15. The second-order valence-corrected chi connectivity index (χ2v) is 8.38. The monoisotopic (exact) mass is 456 g/mol. The lowest BCUT2D eigenvalue weighted by molar-refractivity contribution is 0.522. The van der Waals surface area contributed by atoms with Crippen molar-refractivity contribution >= 4 is 17.0 Å². The van der Waals surface area contributed by atoms with Crippen LogP contribution in [-0.4, -0.2) is 25.6 Å². The topological polar surface area (TPSA) is 86.5 Å². The lowest BCUT2D eigenvalue weighted by atomic mass is 9.90. The number of aromatic nitrogens is 1. The lowest BCUT2D eigenvalue weighted by Crippen LogP contribution is -2.20. The summed E-state index contributed by atoms with van der Waals surface area (Å²) >= 11 is -2.44. The smallest absolute Gasteiger partial charge is 0.250 e. The molecule has 1 N–H and O–H groups in total. The van der Waals surface area contributed by atoms with Crippen LogP contribution in [-0.2, 0) is 24.7 Å². The van der Waals surface area contributed by atoms with Crippen molar-refractivity contribution < 1.29 is 17.5 Å². The van der Waals surface area contributed by atoms with Crippen molar-refractivity contribution in [1.82, 2.24) is 9.29 Å². The molecule has 32 heavy (non-hydrogen) atoms. The average Bonchev–Trinajstić information content (AvgIpc) is 2.84. The second-order valence-electron chi connectivity index (χ2n) is 7.62. The molecule has 9 heteroatoms. The molecule has 2 aromatic carbocycles. The van der Waals surface area contributed by atoms with E-state index in [-0.39, 0.29) is 18.5 Å². The second kappa shape index (κ2) is 8.85. The van der Waals surface area contributed by atoms with Crippen LogP contribution in [0.25, 0.3) is 11.1 Å². The molecule has 4 rings (SSSR count). The maximum Gasteiger partial charge on any atom is 0.250 e. The molecule has 1 aliphatic rings. The summed E-state index contributed by atoms with van der Waals surface area (Å²) in [6, 6.07) is 9.95. The Morgan fingerprint density at radius 2 is 1.84 bits per heavy atom. The molecular formula is C23H20F2N3O3S-. The van der Waals surface area contributed by atoms with Crippen molar-refractivity contribution in [2.75, 3.05) is 6.54 Å². The Labute approximate surface area is 186 Å². The van der Waals surface area contributed by atoms with Gasteiger partial charge in [0.1, 0.15) is 11.6 Å². The third-order valence-electron chi connectivity index (χ3n) is 5.50. The molecule has 0 aliphatic carbocycles. The summed E-state index contributed by atoms with van der Waals surface area (Å²) in [6.45, 7) is 1.89. The van der Waals surface area contributed by atoms with Gasteiger partial charge in [-0.15, -0.1) is 0 Å². The molecule has 1 aromatic heterocycles. The zero-order valence-electron chi connectivity index (χ0n) is 17.4. The molecule has 6 nitrogen and oxygen atoms in total. The Kier molecular flexibility index (Phi) is 6.14. The Balaban J connectivity index is 1.95. The fourth-order valence-electron chi connectivity index (χ4n) is 3.88. The number of benzene rings is 2. The van der Waals surface area contributed by atoms with Gasteiger partial charge in [0.2, 0.25) is 0 Å². The molecule has 1 unspecified atom stereocenters. The number of rotatable bonds is 5. The number of aliphatic imine (C=N–C) groups is 1. The molecule has 1 aliphatic heterocycles. The van der Waals surface area contributed by atoms with Gasteiger partial charge in [0.05, 0.1) is 11.8 Å². The lowest BCUT2D eigenvalue weighted by Gasteiger charge is -2.16. The molecular weight excluding hydrogens is 436 g/mol. The standard InChI is InChI=1S/C23H21F2N3O3S/c1-13-17-11-22(29)28(2)12-20(17)18-9-15(7-8-26-32(30)31)21(25)10-19(18)23(27-13)14-3-5-16(24)6-4-14/h3-6,9-13,26H,7-8H2,1-2H3,(H,30,31)/p-1/t13-/m0/s1. The van der Waals surface area contributed by atoms with Gasteiger partial charge in [-0.3, -0.25) is 14.0 Å². The van der Waals surface area contributed by atoms with Gasteiger partial charge >= 0.3 is 0 Å². The predicted octanol–water partition coefficient (Wildman–Crippen LogP) is 3.17. The Hall–Kier alpha value is -3.01. The molecule has 2 atom stereocenters. The van der Waals surface area contributed by atoms with Gasteiger partial charge in [0.25, 0.3) is 5.56 Å². The number of aryl methyl sites for hydroxylation is 1. The first kappa shape index (κ1) is 22.2. The molecule has 0 spiro atoms. The number of nitrogens with one attached hydrogen (secondary N) is 1. The fraction of sp³-hybridized carbons (Fsp3) is 0.217. The first-order valence-corrected chi connectivity index (χ1v) is 11.0. The zero-order chi connectivity index (χ0) is 23.0. The molecule has 0 amide bonds. The summed E-state index contributed by atoms with van der Waals surface area (Å²) in [7, 11) is 1.64. The number of pyridine rings is 1. The number of halogens is 2. The van der Waals surface area contributed by atoms with Gasteiger partial charge in [-0.1, -0.05) is 0 Å². The minimum atomic E-state index is -2.44. The summed E-state index contributed by atoms with van der Waals surface area (Å²) in [4.78, 5) is 17.1. The number of nitrogens with zero attached hydrogens (tertiary/aromatic N) is 2. The van der Waals surface area contributed by atoms with E-state index in [1.165, 1.54) is 28.8 Å². The Morgan fingerprint density at radius 1 is 1.12 bits per heavy atom. The quantitative estimate of drug-likeness (QED) is 0.599. The van der Waals surface area contributed by atoms with E-state index in [1.54, 1.807) is 31.4 Å². The van der Waals surface area contributed by atoms with Crippen LogP contribution in [0, 0.1) is 11.6 Å². The van der Waals surface area contributed by atoms with Gasteiger partial charge in [0, 0.05) is 53.8 Å². The molecule has 3 aromatic rings. The van der Waals surface area contributed by atoms with Gasteiger partial charge in [0.15, 0.2) is 0 Å². The summed E-state index contributed by atoms with van der Waals surface area (Å²) in [5, 5.41) is 0. The minimum absolute atomic E-state index is 0.0429. The minimum Gasteiger partial charge on any atom is -0.760 e. The highest BCUT2D eigenvalue weighted by molar-refractivity contribution is 7.77. The maximum atomic E-state index is 15.1. The van der Waals surface area contributed by atoms with Crippen LogP contribution in [0.15, 0.2) is 58.4 Å². The number of fused-ring (bicyclic) bond motifs is 3. The molecule has 0 fully saturated rings. The van der Waals surface area contributed by atoms with Crippen LogP contribution in [0.2, 0.25) is 0 Å². The predicted molar refractivity (Wildman–Crippen MR) is 118 cm³/mol. The van der Waals surface area contributed by atoms with E-state index in [1.807, 2.05) is 6.92 Å². The van der Waals surface area contributed by atoms with Crippen LogP contribution >= 0.6 is 0 Å². The first-order chi connectivity index (χ1) is 15.2. The van der Waals surface area contributed by atoms with Crippen LogP contribution < -0.4 is 10.3 Å². The van der Waals surface area contributed by atoms with Gasteiger partial charge < -0.3 is 9.12 Å². The third-order valence-corrected chi connectivity index (χ3v) is 5.94. The third kappa shape index (κ3) is 4.32.